The first-order chi connectivity index (χ1) is 12.6. The first kappa shape index (κ1) is 18.8. The maximum atomic E-state index is 13.5. The van der Waals surface area contributed by atoms with Crippen molar-refractivity contribution in [1.82, 2.24) is 9.80 Å². The topological polar surface area (TPSA) is 56.6 Å². The van der Waals surface area contributed by atoms with E-state index < -0.39 is 5.82 Å². The summed E-state index contributed by atoms with van der Waals surface area (Å²) in [6.45, 7) is 4.54. The number of ether oxygens (including phenoxy) is 1. The van der Waals surface area contributed by atoms with Crippen LogP contribution in [0.3, 0.4) is 0 Å². The number of hydrogen-bond donors (Lipinski definition) is 0. The Hall–Kier alpha value is -1.97. The van der Waals surface area contributed by atoms with Crippen molar-refractivity contribution in [1.29, 1.82) is 5.26 Å². The Morgan fingerprint density at radius 1 is 1.27 bits per heavy atom. The fourth-order valence-corrected chi connectivity index (χ4v) is 4.19. The predicted octanol–water partition coefficient (Wildman–Crippen LogP) is 2.55. The number of hydrogen-bond acceptors (Lipinski definition) is 4. The maximum Gasteiger partial charge on any atom is 0.228 e. The van der Waals surface area contributed by atoms with Gasteiger partial charge in [-0.15, -0.1) is 0 Å². The zero-order valence-corrected chi connectivity index (χ0v) is 15.3. The molecule has 0 aliphatic carbocycles. The second kappa shape index (κ2) is 8.15. The summed E-state index contributed by atoms with van der Waals surface area (Å²) in [7, 11) is 1.66. The van der Waals surface area contributed by atoms with E-state index in [1.54, 1.807) is 19.2 Å². The Morgan fingerprint density at radius 3 is 2.85 bits per heavy atom. The molecule has 0 bridgehead atoms. The largest absolute Gasteiger partial charge is 0.383 e. The van der Waals surface area contributed by atoms with Crippen LogP contribution in [-0.2, 0) is 16.1 Å². The van der Waals surface area contributed by atoms with E-state index in [0.717, 1.165) is 50.9 Å². The van der Waals surface area contributed by atoms with Gasteiger partial charge in [-0.2, -0.15) is 5.26 Å². The number of methoxy groups -OCH3 is 1. The highest BCUT2D eigenvalue weighted by molar-refractivity contribution is 5.84. The van der Waals surface area contributed by atoms with E-state index in [4.69, 9.17) is 10.00 Å². The summed E-state index contributed by atoms with van der Waals surface area (Å²) in [5.74, 6) is -0.191. The SMILES string of the molecule is COCCN1CC[C@]2(CCCN(Cc3ccc(F)c(C#N)c3)CC2)C1=O. The molecule has 5 nitrogen and oxygen atoms in total. The first-order valence-electron chi connectivity index (χ1n) is 9.27. The Morgan fingerprint density at radius 2 is 2.08 bits per heavy atom. The number of nitriles is 1. The smallest absolute Gasteiger partial charge is 0.228 e. The number of nitrogens with zero attached hydrogens (tertiary/aromatic N) is 3. The van der Waals surface area contributed by atoms with Crippen LogP contribution in [-0.4, -0.2) is 55.6 Å². The molecule has 0 saturated carbocycles. The molecule has 2 aliphatic heterocycles. The summed E-state index contributed by atoms with van der Waals surface area (Å²) >= 11 is 0. The molecule has 0 N–H and O–H groups in total. The lowest BCUT2D eigenvalue weighted by Gasteiger charge is -2.26. The van der Waals surface area contributed by atoms with Crippen molar-refractivity contribution in [2.75, 3.05) is 39.9 Å². The van der Waals surface area contributed by atoms with Crippen LogP contribution in [0.1, 0.15) is 36.8 Å². The van der Waals surface area contributed by atoms with Crippen molar-refractivity contribution in [2.45, 2.75) is 32.2 Å². The van der Waals surface area contributed by atoms with Gasteiger partial charge in [-0.05, 0) is 56.5 Å². The van der Waals surface area contributed by atoms with Crippen LogP contribution in [0.25, 0.3) is 0 Å². The average molecular weight is 359 g/mol. The number of benzene rings is 1. The average Bonchev–Trinajstić information content (AvgIpc) is 2.81. The molecule has 2 heterocycles. The van der Waals surface area contributed by atoms with Crippen LogP contribution in [0.4, 0.5) is 4.39 Å². The van der Waals surface area contributed by atoms with Gasteiger partial charge in [0.15, 0.2) is 0 Å². The minimum absolute atomic E-state index is 0.0912. The molecular formula is C20H26FN3O2. The molecule has 1 aromatic carbocycles. The van der Waals surface area contributed by atoms with Crippen molar-refractivity contribution in [2.24, 2.45) is 5.41 Å². The van der Waals surface area contributed by atoms with E-state index >= 15 is 0 Å². The summed E-state index contributed by atoms with van der Waals surface area (Å²) in [6.07, 6.45) is 3.70. The maximum absolute atomic E-state index is 13.5. The highest BCUT2D eigenvalue weighted by atomic mass is 19.1. The third kappa shape index (κ3) is 3.89. The number of rotatable bonds is 5. The van der Waals surface area contributed by atoms with E-state index in [1.165, 1.54) is 6.07 Å². The zero-order valence-electron chi connectivity index (χ0n) is 15.3. The van der Waals surface area contributed by atoms with Gasteiger partial charge in [0.05, 0.1) is 17.6 Å². The van der Waals surface area contributed by atoms with Crippen molar-refractivity contribution in [3.63, 3.8) is 0 Å². The number of likely N-dealkylation sites (tertiary alicyclic amines) is 2. The lowest BCUT2D eigenvalue weighted by atomic mass is 9.79. The minimum Gasteiger partial charge on any atom is -0.383 e. The third-order valence-electron chi connectivity index (χ3n) is 5.76. The van der Waals surface area contributed by atoms with Crippen LogP contribution < -0.4 is 0 Å². The molecule has 1 aromatic rings. The van der Waals surface area contributed by atoms with Crippen LogP contribution in [0.2, 0.25) is 0 Å². The number of carbonyl (C=O) groups is 1. The quantitative estimate of drug-likeness (QED) is 0.811. The molecule has 26 heavy (non-hydrogen) atoms. The van der Waals surface area contributed by atoms with Gasteiger partial charge >= 0.3 is 0 Å². The van der Waals surface area contributed by atoms with Gasteiger partial charge in [0, 0.05) is 26.7 Å². The van der Waals surface area contributed by atoms with Gasteiger partial charge in [-0.3, -0.25) is 9.69 Å². The first-order valence-corrected chi connectivity index (χ1v) is 9.27. The highest BCUT2D eigenvalue weighted by Gasteiger charge is 2.46. The molecule has 0 unspecified atom stereocenters. The molecular weight excluding hydrogens is 333 g/mol. The number of carbonyl (C=O) groups excluding carboxylic acids is 1. The van der Waals surface area contributed by atoms with Gasteiger partial charge in [-0.1, -0.05) is 6.07 Å². The molecule has 0 aromatic heterocycles. The Bertz CT molecular complexity index is 703. The second-order valence-electron chi connectivity index (χ2n) is 7.37. The summed E-state index contributed by atoms with van der Waals surface area (Å²) < 4.78 is 18.6. The number of amides is 1. The molecule has 3 rings (SSSR count). The summed E-state index contributed by atoms with van der Waals surface area (Å²) in [5.41, 5.74) is 0.815. The molecule has 1 amide bonds. The Balaban J connectivity index is 1.62. The zero-order chi connectivity index (χ0) is 18.6. The van der Waals surface area contributed by atoms with Gasteiger partial charge in [0.1, 0.15) is 11.9 Å². The van der Waals surface area contributed by atoms with Crippen LogP contribution in [0.15, 0.2) is 18.2 Å². The van der Waals surface area contributed by atoms with Crippen LogP contribution in [0, 0.1) is 22.6 Å². The molecule has 2 aliphatic rings. The fraction of sp³-hybridized carbons (Fsp3) is 0.600. The second-order valence-corrected chi connectivity index (χ2v) is 7.37. The Kier molecular flexibility index (Phi) is 5.90. The highest BCUT2D eigenvalue weighted by Crippen LogP contribution is 2.41. The van der Waals surface area contributed by atoms with Crippen molar-refractivity contribution in [3.05, 3.63) is 35.1 Å². The van der Waals surface area contributed by atoms with Crippen molar-refractivity contribution < 1.29 is 13.9 Å². The van der Waals surface area contributed by atoms with E-state index in [-0.39, 0.29) is 16.9 Å². The van der Waals surface area contributed by atoms with Crippen LogP contribution >= 0.6 is 0 Å². The van der Waals surface area contributed by atoms with Crippen molar-refractivity contribution >= 4 is 5.91 Å². The summed E-state index contributed by atoms with van der Waals surface area (Å²) in [4.78, 5) is 17.2. The van der Waals surface area contributed by atoms with E-state index in [0.29, 0.717) is 19.7 Å². The van der Waals surface area contributed by atoms with E-state index in [9.17, 15) is 9.18 Å². The Labute approximate surface area is 154 Å². The molecule has 140 valence electrons. The molecule has 1 atom stereocenters. The van der Waals surface area contributed by atoms with Gasteiger partial charge in [0.25, 0.3) is 0 Å². The number of halogens is 1. The normalized spacial score (nSPS) is 24.0. The molecule has 6 heteroatoms. The van der Waals surface area contributed by atoms with E-state index in [1.807, 2.05) is 11.0 Å². The molecule has 2 fully saturated rings. The van der Waals surface area contributed by atoms with Crippen molar-refractivity contribution in [3.8, 4) is 6.07 Å². The molecule has 0 radical (unpaired) electrons. The predicted molar refractivity (Wildman–Crippen MR) is 95.7 cm³/mol. The fourth-order valence-electron chi connectivity index (χ4n) is 4.19. The van der Waals surface area contributed by atoms with E-state index in [2.05, 4.69) is 4.90 Å². The summed E-state index contributed by atoms with van der Waals surface area (Å²) in [5, 5.41) is 8.99. The van der Waals surface area contributed by atoms with Crippen LogP contribution in [0.5, 0.6) is 0 Å². The molecule has 1 spiro atoms. The summed E-state index contributed by atoms with van der Waals surface area (Å²) in [6, 6.07) is 6.63. The van der Waals surface area contributed by atoms with Gasteiger partial charge < -0.3 is 9.64 Å². The monoisotopic (exact) mass is 359 g/mol. The minimum atomic E-state index is -0.473. The third-order valence-corrected chi connectivity index (χ3v) is 5.76. The lowest BCUT2D eigenvalue weighted by Crippen LogP contribution is -2.37. The van der Waals surface area contributed by atoms with Gasteiger partial charge in [-0.25, -0.2) is 4.39 Å². The standard InChI is InChI=1S/C20H26FN3O2/c1-26-12-11-24-10-7-20(19(24)25)5-2-8-23(9-6-20)15-16-3-4-18(21)17(13-16)14-22/h3-4,13H,2,5-12,15H2,1H3/t20-/m1/s1. The van der Waals surface area contributed by atoms with Gasteiger partial charge in [0.2, 0.25) is 5.91 Å². The molecule has 2 saturated heterocycles. The lowest BCUT2D eigenvalue weighted by molar-refractivity contribution is -0.137.